The maximum atomic E-state index is 9.20. The minimum absolute atomic E-state index is 0.0661. The molecule has 0 radical (unpaired) electrons. The number of likely N-dealkylation sites (N-methyl/N-ethyl adjacent to an activating group) is 1. The third kappa shape index (κ3) is 6.91. The summed E-state index contributed by atoms with van der Waals surface area (Å²) in [6.07, 6.45) is 8.01. The number of aliphatic hydroxyl groups is 1. The van der Waals surface area contributed by atoms with Gasteiger partial charge in [0, 0.05) is 5.54 Å². The van der Waals surface area contributed by atoms with Crippen molar-refractivity contribution in [2.24, 2.45) is 0 Å². The highest BCUT2D eigenvalue weighted by Gasteiger charge is 2.21. The molecule has 0 saturated heterocycles. The Morgan fingerprint density at radius 1 is 1.00 bits per heavy atom. The molecular formula is C13H29NO. The van der Waals surface area contributed by atoms with E-state index < -0.39 is 0 Å². The van der Waals surface area contributed by atoms with Crippen LogP contribution in [0, 0.1) is 0 Å². The lowest BCUT2D eigenvalue weighted by atomic mass is 10.0. The minimum Gasteiger partial charge on any atom is -0.394 e. The maximum Gasteiger partial charge on any atom is 0.0609 e. The van der Waals surface area contributed by atoms with Crippen molar-refractivity contribution >= 4 is 0 Å². The zero-order valence-electron chi connectivity index (χ0n) is 11.1. The molecule has 15 heavy (non-hydrogen) atoms. The lowest BCUT2D eigenvalue weighted by Gasteiger charge is -2.33. The first kappa shape index (κ1) is 14.9. The smallest absolute Gasteiger partial charge is 0.0609 e. The van der Waals surface area contributed by atoms with Crippen LogP contribution in [0.2, 0.25) is 0 Å². The van der Waals surface area contributed by atoms with Crippen LogP contribution >= 0.6 is 0 Å². The van der Waals surface area contributed by atoms with Crippen LogP contribution in [0.15, 0.2) is 0 Å². The number of aliphatic hydroxyl groups excluding tert-OH is 1. The Bertz CT molecular complexity index is 145. The fraction of sp³-hybridized carbons (Fsp3) is 1.00. The molecule has 0 aliphatic rings. The van der Waals surface area contributed by atoms with E-state index in [1.54, 1.807) is 0 Å². The van der Waals surface area contributed by atoms with Crippen molar-refractivity contribution in [3.8, 4) is 0 Å². The van der Waals surface area contributed by atoms with Crippen molar-refractivity contribution in [1.29, 1.82) is 0 Å². The van der Waals surface area contributed by atoms with Crippen molar-refractivity contribution in [3.63, 3.8) is 0 Å². The van der Waals surface area contributed by atoms with Gasteiger partial charge in [0.05, 0.1) is 6.61 Å². The summed E-state index contributed by atoms with van der Waals surface area (Å²) < 4.78 is 0. The molecule has 0 atom stereocenters. The quantitative estimate of drug-likeness (QED) is 0.598. The van der Waals surface area contributed by atoms with Crippen LogP contribution in [-0.2, 0) is 0 Å². The van der Waals surface area contributed by atoms with Gasteiger partial charge in [-0.1, -0.05) is 39.0 Å². The van der Waals surface area contributed by atoms with Crippen LogP contribution in [0.5, 0.6) is 0 Å². The Kier molecular flexibility index (Phi) is 8.07. The first-order valence-corrected chi connectivity index (χ1v) is 6.36. The average molecular weight is 215 g/mol. The van der Waals surface area contributed by atoms with E-state index in [-0.39, 0.29) is 12.1 Å². The SMILES string of the molecule is CCCCCCCCN(C)C(C)(C)CO. The van der Waals surface area contributed by atoms with Crippen LogP contribution in [0.1, 0.15) is 59.3 Å². The molecule has 0 heterocycles. The zero-order chi connectivity index (χ0) is 11.7. The van der Waals surface area contributed by atoms with Crippen LogP contribution in [-0.4, -0.2) is 35.7 Å². The molecule has 2 heteroatoms. The molecule has 0 rings (SSSR count). The highest BCUT2D eigenvalue weighted by Crippen LogP contribution is 2.13. The summed E-state index contributed by atoms with van der Waals surface area (Å²) in [5.41, 5.74) is -0.0661. The number of unbranched alkanes of at least 4 members (excludes halogenated alkanes) is 5. The van der Waals surface area contributed by atoms with Crippen molar-refractivity contribution in [1.82, 2.24) is 4.90 Å². The number of rotatable bonds is 9. The van der Waals surface area contributed by atoms with Gasteiger partial charge < -0.3 is 5.11 Å². The Hall–Kier alpha value is -0.0800. The Labute approximate surface area is 95.7 Å². The molecule has 0 aliphatic heterocycles. The van der Waals surface area contributed by atoms with E-state index in [0.717, 1.165) is 6.54 Å². The van der Waals surface area contributed by atoms with Crippen LogP contribution < -0.4 is 0 Å². The van der Waals surface area contributed by atoms with Gasteiger partial charge in [-0.15, -0.1) is 0 Å². The average Bonchev–Trinajstić information content (AvgIpc) is 2.22. The highest BCUT2D eigenvalue weighted by molar-refractivity contribution is 4.77. The van der Waals surface area contributed by atoms with Gasteiger partial charge in [0.15, 0.2) is 0 Å². The summed E-state index contributed by atoms with van der Waals surface area (Å²) in [5, 5.41) is 9.20. The van der Waals surface area contributed by atoms with E-state index in [4.69, 9.17) is 0 Å². The molecule has 0 fully saturated rings. The minimum atomic E-state index is -0.0661. The summed E-state index contributed by atoms with van der Waals surface area (Å²) in [5.74, 6) is 0. The predicted molar refractivity (Wildman–Crippen MR) is 67.2 cm³/mol. The summed E-state index contributed by atoms with van der Waals surface area (Å²) in [4.78, 5) is 2.26. The lowest BCUT2D eigenvalue weighted by molar-refractivity contribution is 0.0776. The van der Waals surface area contributed by atoms with E-state index in [2.05, 4.69) is 32.7 Å². The van der Waals surface area contributed by atoms with Gasteiger partial charge in [-0.3, -0.25) is 4.90 Å². The Morgan fingerprint density at radius 3 is 2.07 bits per heavy atom. The van der Waals surface area contributed by atoms with Crippen molar-refractivity contribution < 1.29 is 5.11 Å². The van der Waals surface area contributed by atoms with Crippen LogP contribution in [0.3, 0.4) is 0 Å². The van der Waals surface area contributed by atoms with Crippen molar-refractivity contribution in [2.45, 2.75) is 64.8 Å². The highest BCUT2D eigenvalue weighted by atomic mass is 16.3. The predicted octanol–water partition coefficient (Wildman–Crippen LogP) is 3.05. The van der Waals surface area contributed by atoms with E-state index >= 15 is 0 Å². The molecule has 0 spiro atoms. The van der Waals surface area contributed by atoms with Gasteiger partial charge in [0.1, 0.15) is 0 Å². The second kappa shape index (κ2) is 8.12. The lowest BCUT2D eigenvalue weighted by Crippen LogP contribution is -2.44. The summed E-state index contributed by atoms with van der Waals surface area (Å²) in [6.45, 7) is 7.75. The Morgan fingerprint density at radius 2 is 1.53 bits per heavy atom. The Balaban J connectivity index is 3.43. The second-order valence-corrected chi connectivity index (χ2v) is 5.16. The molecular weight excluding hydrogens is 186 g/mol. The summed E-state index contributed by atoms with van der Waals surface area (Å²) in [6, 6.07) is 0. The third-order valence-electron chi connectivity index (χ3n) is 3.27. The van der Waals surface area contributed by atoms with Gasteiger partial charge in [-0.25, -0.2) is 0 Å². The van der Waals surface area contributed by atoms with E-state index in [9.17, 15) is 5.11 Å². The molecule has 0 bridgehead atoms. The standard InChI is InChI=1S/C13H29NO/c1-5-6-7-8-9-10-11-14(4)13(2,3)12-15/h15H,5-12H2,1-4H3. The first-order valence-electron chi connectivity index (χ1n) is 6.36. The van der Waals surface area contributed by atoms with Crippen molar-refractivity contribution in [2.75, 3.05) is 20.2 Å². The topological polar surface area (TPSA) is 23.5 Å². The molecule has 92 valence electrons. The first-order chi connectivity index (χ1) is 7.04. The van der Waals surface area contributed by atoms with Gasteiger partial charge >= 0.3 is 0 Å². The molecule has 0 aromatic carbocycles. The molecule has 0 amide bonds. The number of hydrogen-bond acceptors (Lipinski definition) is 2. The molecule has 0 aliphatic carbocycles. The van der Waals surface area contributed by atoms with Crippen molar-refractivity contribution in [3.05, 3.63) is 0 Å². The van der Waals surface area contributed by atoms with Gasteiger partial charge in [0.2, 0.25) is 0 Å². The second-order valence-electron chi connectivity index (χ2n) is 5.16. The fourth-order valence-corrected chi connectivity index (χ4v) is 1.55. The molecule has 0 aromatic heterocycles. The van der Waals surface area contributed by atoms with Crippen LogP contribution in [0.25, 0.3) is 0 Å². The van der Waals surface area contributed by atoms with Gasteiger partial charge in [-0.05, 0) is 33.9 Å². The zero-order valence-corrected chi connectivity index (χ0v) is 11.1. The normalized spacial score (nSPS) is 12.4. The number of hydrogen-bond donors (Lipinski definition) is 1. The molecule has 0 saturated carbocycles. The summed E-state index contributed by atoms with van der Waals surface area (Å²) >= 11 is 0. The third-order valence-corrected chi connectivity index (χ3v) is 3.27. The fourth-order valence-electron chi connectivity index (χ4n) is 1.55. The molecule has 0 aromatic rings. The molecule has 2 nitrogen and oxygen atoms in total. The molecule has 0 unspecified atom stereocenters. The van der Waals surface area contributed by atoms with E-state index in [0.29, 0.717) is 0 Å². The maximum absolute atomic E-state index is 9.20. The molecule has 1 N–H and O–H groups in total. The summed E-state index contributed by atoms with van der Waals surface area (Å²) in [7, 11) is 2.10. The van der Waals surface area contributed by atoms with Gasteiger partial charge in [0.25, 0.3) is 0 Å². The number of nitrogens with zero attached hydrogens (tertiary/aromatic N) is 1. The largest absolute Gasteiger partial charge is 0.394 e. The van der Waals surface area contributed by atoms with Gasteiger partial charge in [-0.2, -0.15) is 0 Å². The monoisotopic (exact) mass is 215 g/mol. The van der Waals surface area contributed by atoms with E-state index in [1.807, 2.05) is 0 Å². The van der Waals surface area contributed by atoms with E-state index in [1.165, 1.54) is 38.5 Å². The van der Waals surface area contributed by atoms with Crippen LogP contribution in [0.4, 0.5) is 0 Å².